The van der Waals surface area contributed by atoms with Gasteiger partial charge in [-0.1, -0.05) is 36.4 Å². The molecule has 2 aromatic carbocycles. The molecule has 2 rings (SSSR count). The van der Waals surface area contributed by atoms with Crippen molar-refractivity contribution in [1.82, 2.24) is 4.90 Å². The van der Waals surface area contributed by atoms with Crippen molar-refractivity contribution in [3.63, 3.8) is 0 Å². The molecular weight excluding hydrogens is 276 g/mol. The van der Waals surface area contributed by atoms with E-state index in [-0.39, 0.29) is 6.03 Å². The van der Waals surface area contributed by atoms with E-state index in [9.17, 15) is 4.79 Å². The van der Waals surface area contributed by atoms with Crippen LogP contribution in [0.2, 0.25) is 0 Å². The standard InChI is InChI=1S/C18H20N2O2/c1-20(2)18(21)19-16-10-12-17(13-11-16)22-14-6-9-15-7-4-3-5-8-15/h3-13H,14H2,1-2H3,(H,19,21). The normalized spacial score (nSPS) is 10.5. The van der Waals surface area contributed by atoms with Crippen LogP contribution in [0.5, 0.6) is 5.75 Å². The summed E-state index contributed by atoms with van der Waals surface area (Å²) in [4.78, 5) is 13.0. The Kier molecular flexibility index (Phi) is 5.60. The molecule has 0 aliphatic heterocycles. The van der Waals surface area contributed by atoms with Gasteiger partial charge in [0.15, 0.2) is 0 Å². The van der Waals surface area contributed by atoms with E-state index in [4.69, 9.17) is 4.74 Å². The summed E-state index contributed by atoms with van der Waals surface area (Å²) >= 11 is 0. The van der Waals surface area contributed by atoms with Crippen LogP contribution in [-0.4, -0.2) is 31.6 Å². The number of nitrogens with one attached hydrogen (secondary N) is 1. The average molecular weight is 296 g/mol. The van der Waals surface area contributed by atoms with Crippen LogP contribution in [0.3, 0.4) is 0 Å². The summed E-state index contributed by atoms with van der Waals surface area (Å²) in [5.41, 5.74) is 1.89. The first-order valence-electron chi connectivity index (χ1n) is 7.08. The first-order chi connectivity index (χ1) is 10.6. The molecule has 0 fully saturated rings. The van der Waals surface area contributed by atoms with E-state index in [0.29, 0.717) is 6.61 Å². The highest BCUT2D eigenvalue weighted by atomic mass is 16.5. The average Bonchev–Trinajstić information content (AvgIpc) is 2.54. The molecule has 0 spiro atoms. The molecule has 0 atom stereocenters. The van der Waals surface area contributed by atoms with Gasteiger partial charge in [-0.3, -0.25) is 0 Å². The van der Waals surface area contributed by atoms with E-state index >= 15 is 0 Å². The van der Waals surface area contributed by atoms with Crippen molar-refractivity contribution in [2.75, 3.05) is 26.0 Å². The number of urea groups is 1. The number of carbonyl (C=O) groups excluding carboxylic acids is 1. The quantitative estimate of drug-likeness (QED) is 0.910. The summed E-state index contributed by atoms with van der Waals surface area (Å²) in [5, 5.41) is 2.77. The van der Waals surface area contributed by atoms with Gasteiger partial charge in [-0.15, -0.1) is 0 Å². The van der Waals surface area contributed by atoms with Crippen LogP contribution in [0.15, 0.2) is 60.7 Å². The third-order valence-corrected chi connectivity index (χ3v) is 2.97. The first-order valence-corrected chi connectivity index (χ1v) is 7.08. The van der Waals surface area contributed by atoms with Crippen LogP contribution in [-0.2, 0) is 0 Å². The molecule has 114 valence electrons. The van der Waals surface area contributed by atoms with Crippen molar-refractivity contribution in [3.8, 4) is 5.75 Å². The van der Waals surface area contributed by atoms with E-state index in [2.05, 4.69) is 5.32 Å². The van der Waals surface area contributed by atoms with Crippen LogP contribution in [0.25, 0.3) is 6.08 Å². The van der Waals surface area contributed by atoms with Gasteiger partial charge in [-0.05, 0) is 35.9 Å². The molecule has 4 heteroatoms. The molecule has 0 aromatic heterocycles. The molecule has 2 aromatic rings. The fraction of sp³-hybridized carbons (Fsp3) is 0.167. The maximum Gasteiger partial charge on any atom is 0.321 e. The van der Waals surface area contributed by atoms with Gasteiger partial charge in [0.05, 0.1) is 0 Å². The van der Waals surface area contributed by atoms with Crippen molar-refractivity contribution >= 4 is 17.8 Å². The van der Waals surface area contributed by atoms with Crippen molar-refractivity contribution in [2.24, 2.45) is 0 Å². The summed E-state index contributed by atoms with van der Waals surface area (Å²) in [6, 6.07) is 17.2. The second-order valence-electron chi connectivity index (χ2n) is 4.97. The predicted octanol–water partition coefficient (Wildman–Crippen LogP) is 3.87. The summed E-state index contributed by atoms with van der Waals surface area (Å²) in [5.74, 6) is 0.764. The van der Waals surface area contributed by atoms with Crippen molar-refractivity contribution in [2.45, 2.75) is 0 Å². The minimum atomic E-state index is -0.153. The van der Waals surface area contributed by atoms with Gasteiger partial charge in [-0.2, -0.15) is 0 Å². The minimum Gasteiger partial charge on any atom is -0.490 e. The highest BCUT2D eigenvalue weighted by Gasteiger charge is 2.03. The van der Waals surface area contributed by atoms with Crippen molar-refractivity contribution in [1.29, 1.82) is 0 Å². The number of carbonyl (C=O) groups is 1. The zero-order valence-electron chi connectivity index (χ0n) is 12.8. The molecule has 0 bridgehead atoms. The summed E-state index contributed by atoms with van der Waals surface area (Å²) in [6.45, 7) is 0.498. The molecule has 0 saturated heterocycles. The number of hydrogen-bond donors (Lipinski definition) is 1. The largest absolute Gasteiger partial charge is 0.490 e. The third kappa shape index (κ3) is 4.98. The Labute approximate surface area is 131 Å². The molecule has 2 amide bonds. The zero-order chi connectivity index (χ0) is 15.8. The van der Waals surface area contributed by atoms with Crippen LogP contribution < -0.4 is 10.1 Å². The van der Waals surface area contributed by atoms with Gasteiger partial charge in [0.1, 0.15) is 12.4 Å². The van der Waals surface area contributed by atoms with E-state index in [1.807, 2.05) is 66.7 Å². The Morgan fingerprint density at radius 2 is 1.77 bits per heavy atom. The number of nitrogens with zero attached hydrogens (tertiary/aromatic N) is 1. The molecule has 0 unspecified atom stereocenters. The molecule has 0 heterocycles. The van der Waals surface area contributed by atoms with Crippen LogP contribution >= 0.6 is 0 Å². The van der Waals surface area contributed by atoms with Gasteiger partial charge < -0.3 is 15.0 Å². The summed E-state index contributed by atoms with van der Waals surface area (Å²) in [7, 11) is 3.40. The van der Waals surface area contributed by atoms with Gasteiger partial charge in [-0.25, -0.2) is 4.79 Å². The summed E-state index contributed by atoms with van der Waals surface area (Å²) in [6.07, 6.45) is 3.99. The number of amides is 2. The molecular formula is C18H20N2O2. The number of hydrogen-bond acceptors (Lipinski definition) is 2. The summed E-state index contributed by atoms with van der Waals surface area (Å²) < 4.78 is 5.63. The van der Waals surface area contributed by atoms with Gasteiger partial charge in [0.25, 0.3) is 0 Å². The monoisotopic (exact) mass is 296 g/mol. The highest BCUT2D eigenvalue weighted by molar-refractivity contribution is 5.88. The third-order valence-electron chi connectivity index (χ3n) is 2.97. The molecule has 4 nitrogen and oxygen atoms in total. The zero-order valence-corrected chi connectivity index (χ0v) is 12.8. The second kappa shape index (κ2) is 7.88. The Balaban J connectivity index is 1.81. The van der Waals surface area contributed by atoms with E-state index in [1.165, 1.54) is 4.90 Å². The van der Waals surface area contributed by atoms with E-state index < -0.39 is 0 Å². The second-order valence-corrected chi connectivity index (χ2v) is 4.97. The van der Waals surface area contributed by atoms with Gasteiger partial charge in [0, 0.05) is 19.8 Å². The Morgan fingerprint density at radius 1 is 1.09 bits per heavy atom. The molecule has 0 saturated carbocycles. The highest BCUT2D eigenvalue weighted by Crippen LogP contribution is 2.16. The maximum absolute atomic E-state index is 11.5. The smallest absolute Gasteiger partial charge is 0.321 e. The SMILES string of the molecule is CN(C)C(=O)Nc1ccc(OCC=Cc2ccccc2)cc1. The van der Waals surface area contributed by atoms with Crippen molar-refractivity contribution < 1.29 is 9.53 Å². The predicted molar refractivity (Wildman–Crippen MR) is 90.1 cm³/mol. The molecule has 0 aliphatic carbocycles. The lowest BCUT2D eigenvalue weighted by molar-refractivity contribution is 0.230. The lowest BCUT2D eigenvalue weighted by atomic mass is 10.2. The first kappa shape index (κ1) is 15.6. The van der Waals surface area contributed by atoms with Crippen LogP contribution in [0, 0.1) is 0 Å². The van der Waals surface area contributed by atoms with E-state index in [0.717, 1.165) is 17.0 Å². The molecule has 22 heavy (non-hydrogen) atoms. The number of rotatable bonds is 5. The van der Waals surface area contributed by atoms with Crippen LogP contribution in [0.4, 0.5) is 10.5 Å². The fourth-order valence-electron chi connectivity index (χ4n) is 1.76. The maximum atomic E-state index is 11.5. The number of ether oxygens (including phenoxy) is 1. The number of benzene rings is 2. The van der Waals surface area contributed by atoms with E-state index in [1.54, 1.807) is 14.1 Å². The molecule has 0 aliphatic rings. The number of anilines is 1. The molecule has 1 N–H and O–H groups in total. The Bertz CT molecular complexity index is 619. The van der Waals surface area contributed by atoms with Gasteiger partial charge >= 0.3 is 6.03 Å². The van der Waals surface area contributed by atoms with Gasteiger partial charge in [0.2, 0.25) is 0 Å². The molecule has 0 radical (unpaired) electrons. The van der Waals surface area contributed by atoms with Crippen LogP contribution in [0.1, 0.15) is 5.56 Å². The Hall–Kier alpha value is -2.75. The Morgan fingerprint density at radius 3 is 2.41 bits per heavy atom. The minimum absolute atomic E-state index is 0.153. The fourth-order valence-corrected chi connectivity index (χ4v) is 1.76. The van der Waals surface area contributed by atoms with Crippen molar-refractivity contribution in [3.05, 3.63) is 66.2 Å². The topological polar surface area (TPSA) is 41.6 Å². The lowest BCUT2D eigenvalue weighted by Crippen LogP contribution is -2.27. The lowest BCUT2D eigenvalue weighted by Gasteiger charge is -2.12.